The zero-order valence-corrected chi connectivity index (χ0v) is 13.6. The molecule has 124 valence electrons. The minimum atomic E-state index is -3.46. The van der Waals surface area contributed by atoms with Crippen molar-refractivity contribution in [1.82, 2.24) is 13.9 Å². The van der Waals surface area contributed by atoms with Gasteiger partial charge in [0, 0.05) is 38.8 Å². The van der Waals surface area contributed by atoms with Crippen LogP contribution in [0.2, 0.25) is 0 Å². The Balaban J connectivity index is 1.88. The smallest absolute Gasteiger partial charge is 0.279 e. The SMILES string of the molecule is CCN1CCOC(CNS(=O)(=O)N2CCCCC2CN)C1. The van der Waals surface area contributed by atoms with Gasteiger partial charge < -0.3 is 10.5 Å². The largest absolute Gasteiger partial charge is 0.374 e. The van der Waals surface area contributed by atoms with Crippen LogP contribution in [0.1, 0.15) is 26.2 Å². The number of morpholine rings is 1. The number of nitrogens with two attached hydrogens (primary N) is 1. The van der Waals surface area contributed by atoms with Gasteiger partial charge in [0.05, 0.1) is 12.7 Å². The van der Waals surface area contributed by atoms with Crippen molar-refractivity contribution < 1.29 is 13.2 Å². The summed E-state index contributed by atoms with van der Waals surface area (Å²) in [7, 11) is -3.46. The highest BCUT2D eigenvalue weighted by molar-refractivity contribution is 7.87. The molecule has 0 amide bonds. The van der Waals surface area contributed by atoms with E-state index in [0.29, 0.717) is 26.2 Å². The van der Waals surface area contributed by atoms with E-state index in [1.54, 1.807) is 0 Å². The van der Waals surface area contributed by atoms with E-state index in [1.807, 2.05) is 0 Å². The first-order valence-corrected chi connectivity index (χ1v) is 9.31. The van der Waals surface area contributed by atoms with Gasteiger partial charge in [-0.3, -0.25) is 4.90 Å². The van der Waals surface area contributed by atoms with Gasteiger partial charge in [0.2, 0.25) is 0 Å². The van der Waals surface area contributed by atoms with Gasteiger partial charge in [0.25, 0.3) is 10.2 Å². The summed E-state index contributed by atoms with van der Waals surface area (Å²) in [6.45, 7) is 6.69. The van der Waals surface area contributed by atoms with Gasteiger partial charge in [-0.1, -0.05) is 13.3 Å². The molecule has 7 nitrogen and oxygen atoms in total. The van der Waals surface area contributed by atoms with E-state index in [-0.39, 0.29) is 12.1 Å². The van der Waals surface area contributed by atoms with Crippen molar-refractivity contribution >= 4 is 10.2 Å². The first-order chi connectivity index (χ1) is 10.1. The Kier molecular flexibility index (Phi) is 6.39. The topological polar surface area (TPSA) is 87.9 Å². The van der Waals surface area contributed by atoms with Crippen molar-refractivity contribution in [3.05, 3.63) is 0 Å². The van der Waals surface area contributed by atoms with Crippen LogP contribution in [0.3, 0.4) is 0 Å². The van der Waals surface area contributed by atoms with Crippen LogP contribution in [0.15, 0.2) is 0 Å². The fourth-order valence-electron chi connectivity index (χ4n) is 3.00. The molecule has 2 fully saturated rings. The molecule has 0 aliphatic carbocycles. The molecule has 2 atom stereocenters. The highest BCUT2D eigenvalue weighted by Crippen LogP contribution is 2.19. The van der Waals surface area contributed by atoms with Crippen molar-refractivity contribution in [2.24, 2.45) is 5.73 Å². The molecule has 0 aromatic carbocycles. The van der Waals surface area contributed by atoms with E-state index in [2.05, 4.69) is 16.5 Å². The Morgan fingerprint density at radius 3 is 2.86 bits per heavy atom. The molecule has 2 unspecified atom stereocenters. The van der Waals surface area contributed by atoms with Crippen LogP contribution in [0.25, 0.3) is 0 Å². The number of rotatable bonds is 6. The van der Waals surface area contributed by atoms with Gasteiger partial charge in [-0.25, -0.2) is 0 Å². The fraction of sp³-hybridized carbons (Fsp3) is 1.00. The third-order valence-corrected chi connectivity index (χ3v) is 5.95. The van der Waals surface area contributed by atoms with Crippen LogP contribution in [0.5, 0.6) is 0 Å². The van der Waals surface area contributed by atoms with E-state index in [0.717, 1.165) is 38.9 Å². The fourth-order valence-corrected chi connectivity index (χ4v) is 4.51. The summed E-state index contributed by atoms with van der Waals surface area (Å²) in [6, 6.07) is -0.0735. The Morgan fingerprint density at radius 1 is 1.33 bits per heavy atom. The van der Waals surface area contributed by atoms with Crippen LogP contribution in [-0.2, 0) is 14.9 Å². The number of hydrogen-bond donors (Lipinski definition) is 2. The number of likely N-dealkylation sites (N-methyl/N-ethyl adjacent to an activating group) is 1. The van der Waals surface area contributed by atoms with Crippen molar-refractivity contribution in [2.75, 3.05) is 45.9 Å². The van der Waals surface area contributed by atoms with E-state index < -0.39 is 10.2 Å². The molecule has 3 N–H and O–H groups in total. The third kappa shape index (κ3) is 4.61. The van der Waals surface area contributed by atoms with Gasteiger partial charge in [-0.2, -0.15) is 17.4 Å². The molecule has 0 bridgehead atoms. The molecule has 0 aromatic rings. The number of piperidine rings is 1. The Hall–Kier alpha value is -0.250. The molecule has 2 aliphatic heterocycles. The van der Waals surface area contributed by atoms with Crippen LogP contribution >= 0.6 is 0 Å². The second kappa shape index (κ2) is 7.85. The van der Waals surface area contributed by atoms with Crippen LogP contribution in [0, 0.1) is 0 Å². The van der Waals surface area contributed by atoms with Crippen LogP contribution in [0.4, 0.5) is 0 Å². The minimum absolute atomic E-state index is 0.0735. The van der Waals surface area contributed by atoms with Gasteiger partial charge in [0.1, 0.15) is 0 Å². The standard InChI is InChI=1S/C13H28N4O3S/c1-2-16-7-8-20-13(11-16)10-15-21(18,19)17-6-4-3-5-12(17)9-14/h12-13,15H,2-11,14H2,1H3. The zero-order chi connectivity index (χ0) is 15.3. The molecular weight excluding hydrogens is 292 g/mol. The molecule has 8 heteroatoms. The molecule has 0 radical (unpaired) electrons. The lowest BCUT2D eigenvalue weighted by Gasteiger charge is -2.35. The molecule has 0 aromatic heterocycles. The van der Waals surface area contributed by atoms with Crippen molar-refractivity contribution in [3.8, 4) is 0 Å². The maximum absolute atomic E-state index is 12.4. The normalized spacial score (nSPS) is 29.6. The molecular formula is C13H28N4O3S. The zero-order valence-electron chi connectivity index (χ0n) is 12.8. The molecule has 2 heterocycles. The molecule has 2 saturated heterocycles. The predicted molar refractivity (Wildman–Crippen MR) is 82.2 cm³/mol. The summed E-state index contributed by atoms with van der Waals surface area (Å²) in [5.74, 6) is 0. The van der Waals surface area contributed by atoms with E-state index in [9.17, 15) is 8.42 Å². The van der Waals surface area contributed by atoms with E-state index in [1.165, 1.54) is 4.31 Å². The Morgan fingerprint density at radius 2 is 2.14 bits per heavy atom. The summed E-state index contributed by atoms with van der Waals surface area (Å²) >= 11 is 0. The first kappa shape index (κ1) is 17.1. The predicted octanol–water partition coefficient (Wildman–Crippen LogP) is -0.645. The molecule has 2 rings (SSSR count). The van der Waals surface area contributed by atoms with Crippen molar-refractivity contribution in [2.45, 2.75) is 38.3 Å². The lowest BCUT2D eigenvalue weighted by molar-refractivity contribution is -0.0231. The Labute approximate surface area is 128 Å². The quantitative estimate of drug-likeness (QED) is 0.679. The molecule has 21 heavy (non-hydrogen) atoms. The van der Waals surface area contributed by atoms with Gasteiger partial charge >= 0.3 is 0 Å². The molecule has 0 spiro atoms. The highest BCUT2D eigenvalue weighted by Gasteiger charge is 2.32. The third-order valence-electron chi connectivity index (χ3n) is 4.32. The molecule has 2 aliphatic rings. The summed E-state index contributed by atoms with van der Waals surface area (Å²) in [5, 5.41) is 0. The average molecular weight is 320 g/mol. The van der Waals surface area contributed by atoms with E-state index in [4.69, 9.17) is 10.5 Å². The second-order valence-electron chi connectivity index (χ2n) is 5.74. The number of nitrogens with one attached hydrogen (secondary N) is 1. The number of nitrogens with zero attached hydrogens (tertiary/aromatic N) is 2. The average Bonchev–Trinajstić information content (AvgIpc) is 2.53. The van der Waals surface area contributed by atoms with Gasteiger partial charge in [-0.15, -0.1) is 0 Å². The Bertz CT molecular complexity index is 418. The maximum atomic E-state index is 12.4. The summed E-state index contributed by atoms with van der Waals surface area (Å²) < 4.78 is 34.7. The highest BCUT2D eigenvalue weighted by atomic mass is 32.2. The number of ether oxygens (including phenoxy) is 1. The first-order valence-electron chi connectivity index (χ1n) is 7.87. The van der Waals surface area contributed by atoms with Crippen molar-refractivity contribution in [1.29, 1.82) is 0 Å². The monoisotopic (exact) mass is 320 g/mol. The second-order valence-corrected chi connectivity index (χ2v) is 7.44. The van der Waals surface area contributed by atoms with Crippen LogP contribution in [-0.4, -0.2) is 75.6 Å². The van der Waals surface area contributed by atoms with Crippen LogP contribution < -0.4 is 10.5 Å². The molecule has 0 saturated carbocycles. The summed E-state index contributed by atoms with van der Waals surface area (Å²) in [6.07, 6.45) is 2.72. The summed E-state index contributed by atoms with van der Waals surface area (Å²) in [4.78, 5) is 2.27. The maximum Gasteiger partial charge on any atom is 0.279 e. The summed E-state index contributed by atoms with van der Waals surface area (Å²) in [5.41, 5.74) is 5.70. The number of hydrogen-bond acceptors (Lipinski definition) is 5. The van der Waals surface area contributed by atoms with Gasteiger partial charge in [-0.05, 0) is 19.4 Å². The lowest BCUT2D eigenvalue weighted by Crippen LogP contribution is -2.54. The van der Waals surface area contributed by atoms with Gasteiger partial charge in [0.15, 0.2) is 0 Å². The van der Waals surface area contributed by atoms with Crippen molar-refractivity contribution in [3.63, 3.8) is 0 Å². The van der Waals surface area contributed by atoms with E-state index >= 15 is 0 Å². The minimum Gasteiger partial charge on any atom is -0.374 e. The lowest BCUT2D eigenvalue weighted by atomic mass is 10.1.